The van der Waals surface area contributed by atoms with Crippen molar-refractivity contribution >= 4 is 17.5 Å². The van der Waals surface area contributed by atoms with Crippen molar-refractivity contribution in [1.29, 1.82) is 0 Å². The van der Waals surface area contributed by atoms with Crippen molar-refractivity contribution in [1.82, 2.24) is 14.9 Å². The molecule has 144 valence electrons. The Morgan fingerprint density at radius 1 is 1.22 bits per heavy atom. The molecule has 0 aliphatic carbocycles. The number of ether oxygens (including phenoxy) is 2. The van der Waals surface area contributed by atoms with Crippen LogP contribution in [0, 0.1) is 6.92 Å². The van der Waals surface area contributed by atoms with E-state index in [4.69, 9.17) is 9.47 Å². The summed E-state index contributed by atoms with van der Waals surface area (Å²) in [6.45, 7) is 6.97. The predicted molar refractivity (Wildman–Crippen MR) is 104 cm³/mol. The third-order valence-corrected chi connectivity index (χ3v) is 4.38. The summed E-state index contributed by atoms with van der Waals surface area (Å²) >= 11 is 0. The Balaban J connectivity index is 1.63. The Labute approximate surface area is 159 Å². The smallest absolute Gasteiger partial charge is 0.322 e. The van der Waals surface area contributed by atoms with E-state index >= 15 is 0 Å². The van der Waals surface area contributed by atoms with Gasteiger partial charge in [0.15, 0.2) is 0 Å². The zero-order valence-corrected chi connectivity index (χ0v) is 15.9. The molecule has 8 nitrogen and oxygen atoms in total. The molecule has 0 saturated carbocycles. The number of carbonyl (C=O) groups is 1. The minimum Gasteiger partial charge on any atom is -0.497 e. The lowest BCUT2D eigenvalue weighted by molar-refractivity contribution is 0.208. The summed E-state index contributed by atoms with van der Waals surface area (Å²) in [6, 6.07) is 7.12. The number of anilines is 2. The number of urea groups is 1. The summed E-state index contributed by atoms with van der Waals surface area (Å²) in [6.07, 6.45) is 1.76. The Kier molecular flexibility index (Phi) is 5.95. The third-order valence-electron chi connectivity index (χ3n) is 4.38. The molecule has 0 spiro atoms. The minimum absolute atomic E-state index is 0.150. The van der Waals surface area contributed by atoms with Crippen molar-refractivity contribution in [3.8, 4) is 11.5 Å². The van der Waals surface area contributed by atoms with E-state index in [1.54, 1.807) is 30.3 Å². The lowest BCUT2D eigenvalue weighted by Crippen LogP contribution is -2.50. The highest BCUT2D eigenvalue weighted by atomic mass is 16.5. The van der Waals surface area contributed by atoms with E-state index < -0.39 is 0 Å². The van der Waals surface area contributed by atoms with Gasteiger partial charge in [0.25, 0.3) is 0 Å². The number of rotatable bonds is 5. The van der Waals surface area contributed by atoms with Crippen LogP contribution in [0.5, 0.6) is 11.5 Å². The zero-order valence-electron chi connectivity index (χ0n) is 15.9. The second kappa shape index (κ2) is 8.57. The van der Waals surface area contributed by atoms with E-state index in [9.17, 15) is 4.79 Å². The summed E-state index contributed by atoms with van der Waals surface area (Å²) in [4.78, 5) is 25.2. The van der Waals surface area contributed by atoms with Crippen molar-refractivity contribution in [2.45, 2.75) is 13.8 Å². The highest BCUT2D eigenvalue weighted by Gasteiger charge is 2.23. The van der Waals surface area contributed by atoms with Crippen LogP contribution in [0.1, 0.15) is 12.7 Å². The maximum atomic E-state index is 12.7. The molecule has 2 aromatic rings. The Bertz CT molecular complexity index is 791. The number of aromatic nitrogens is 2. The molecule has 2 amide bonds. The average molecular weight is 371 g/mol. The molecule has 8 heteroatoms. The van der Waals surface area contributed by atoms with Gasteiger partial charge >= 0.3 is 6.03 Å². The van der Waals surface area contributed by atoms with Gasteiger partial charge < -0.3 is 24.6 Å². The van der Waals surface area contributed by atoms with E-state index in [2.05, 4.69) is 20.2 Å². The molecule has 0 atom stereocenters. The molecule has 0 radical (unpaired) electrons. The van der Waals surface area contributed by atoms with Crippen molar-refractivity contribution < 1.29 is 14.3 Å². The first-order valence-electron chi connectivity index (χ1n) is 9.02. The van der Waals surface area contributed by atoms with Gasteiger partial charge in [-0.1, -0.05) is 0 Å². The molecule has 3 rings (SSSR count). The quantitative estimate of drug-likeness (QED) is 0.870. The molecule has 0 bridgehead atoms. The number of carbonyl (C=O) groups excluding carboxylic acids is 1. The first kappa shape index (κ1) is 18.8. The van der Waals surface area contributed by atoms with Crippen LogP contribution in [-0.2, 0) is 0 Å². The van der Waals surface area contributed by atoms with Gasteiger partial charge in [0, 0.05) is 38.4 Å². The van der Waals surface area contributed by atoms with Crippen LogP contribution >= 0.6 is 0 Å². The molecule has 1 fully saturated rings. The standard InChI is InChI=1S/C19H25N5O3/c1-4-27-17-6-5-15(26-3)13-16(17)22-19(25)24-11-9-23(10-12-24)18-7-8-20-14(2)21-18/h5-8,13H,4,9-12H2,1-3H3,(H,22,25). The predicted octanol–water partition coefficient (Wildman–Crippen LogP) is 2.55. The third kappa shape index (κ3) is 4.58. The van der Waals surface area contributed by atoms with Gasteiger partial charge in [0.05, 0.1) is 19.4 Å². The summed E-state index contributed by atoms with van der Waals surface area (Å²) in [5, 5.41) is 2.94. The lowest BCUT2D eigenvalue weighted by Gasteiger charge is -2.35. The topological polar surface area (TPSA) is 79.8 Å². The monoisotopic (exact) mass is 371 g/mol. The maximum Gasteiger partial charge on any atom is 0.322 e. The number of nitrogens with zero attached hydrogens (tertiary/aromatic N) is 4. The fourth-order valence-electron chi connectivity index (χ4n) is 2.97. The molecule has 1 aromatic heterocycles. The van der Waals surface area contributed by atoms with Gasteiger partial charge in [-0.25, -0.2) is 14.8 Å². The molecule has 1 aliphatic heterocycles. The largest absolute Gasteiger partial charge is 0.497 e. The number of hydrogen-bond acceptors (Lipinski definition) is 6. The van der Waals surface area contributed by atoms with Crippen molar-refractivity contribution in [3.63, 3.8) is 0 Å². The molecular weight excluding hydrogens is 346 g/mol. The van der Waals surface area contributed by atoms with Crippen molar-refractivity contribution in [2.75, 3.05) is 50.1 Å². The summed E-state index contributed by atoms with van der Waals surface area (Å²) in [7, 11) is 1.59. The van der Waals surface area contributed by atoms with Gasteiger partial charge in [0.1, 0.15) is 23.1 Å². The molecular formula is C19H25N5O3. The van der Waals surface area contributed by atoms with Gasteiger partial charge in [0.2, 0.25) is 0 Å². The minimum atomic E-state index is -0.150. The summed E-state index contributed by atoms with van der Waals surface area (Å²) in [5.41, 5.74) is 0.607. The van der Waals surface area contributed by atoms with E-state index in [1.165, 1.54) is 0 Å². The fourth-order valence-corrected chi connectivity index (χ4v) is 2.97. The zero-order chi connectivity index (χ0) is 19.2. The lowest BCUT2D eigenvalue weighted by atomic mass is 10.2. The van der Waals surface area contributed by atoms with Crippen LogP contribution in [-0.4, -0.2) is 60.8 Å². The molecule has 27 heavy (non-hydrogen) atoms. The van der Waals surface area contributed by atoms with Crippen LogP contribution < -0.4 is 19.7 Å². The Morgan fingerprint density at radius 3 is 2.67 bits per heavy atom. The van der Waals surface area contributed by atoms with Gasteiger partial charge in [-0.2, -0.15) is 0 Å². The second-order valence-corrected chi connectivity index (χ2v) is 6.16. The van der Waals surface area contributed by atoms with Crippen LogP contribution in [0.25, 0.3) is 0 Å². The number of piperazine rings is 1. The van der Waals surface area contributed by atoms with Gasteiger partial charge in [-0.05, 0) is 32.0 Å². The number of aryl methyl sites for hydroxylation is 1. The first-order valence-corrected chi connectivity index (χ1v) is 9.02. The highest BCUT2D eigenvalue weighted by molar-refractivity contribution is 5.91. The Morgan fingerprint density at radius 2 is 2.00 bits per heavy atom. The van der Waals surface area contributed by atoms with Gasteiger partial charge in [-0.3, -0.25) is 0 Å². The van der Waals surface area contributed by atoms with Crippen LogP contribution in [0.15, 0.2) is 30.5 Å². The number of hydrogen-bond donors (Lipinski definition) is 1. The van der Waals surface area contributed by atoms with E-state index in [-0.39, 0.29) is 6.03 Å². The van der Waals surface area contributed by atoms with Crippen molar-refractivity contribution in [3.05, 3.63) is 36.3 Å². The normalized spacial score (nSPS) is 14.0. The fraction of sp³-hybridized carbons (Fsp3) is 0.421. The number of nitrogens with one attached hydrogen (secondary N) is 1. The van der Waals surface area contributed by atoms with Gasteiger partial charge in [-0.15, -0.1) is 0 Å². The number of amides is 2. The van der Waals surface area contributed by atoms with Crippen LogP contribution in [0.4, 0.5) is 16.3 Å². The average Bonchev–Trinajstić information content (AvgIpc) is 2.69. The SMILES string of the molecule is CCOc1ccc(OC)cc1NC(=O)N1CCN(c2ccnc(C)n2)CC1. The summed E-state index contributed by atoms with van der Waals surface area (Å²) < 4.78 is 10.8. The molecule has 1 saturated heterocycles. The van der Waals surface area contributed by atoms with Crippen LogP contribution in [0.3, 0.4) is 0 Å². The second-order valence-electron chi connectivity index (χ2n) is 6.16. The number of benzene rings is 1. The van der Waals surface area contributed by atoms with Crippen molar-refractivity contribution in [2.24, 2.45) is 0 Å². The van der Waals surface area contributed by atoms with E-state index in [1.807, 2.05) is 26.0 Å². The molecule has 1 aromatic carbocycles. The first-order chi connectivity index (χ1) is 13.1. The highest BCUT2D eigenvalue weighted by Crippen LogP contribution is 2.29. The summed E-state index contributed by atoms with van der Waals surface area (Å²) in [5.74, 6) is 2.93. The molecule has 1 aliphatic rings. The maximum absolute atomic E-state index is 12.7. The molecule has 2 heterocycles. The van der Waals surface area contributed by atoms with E-state index in [0.717, 1.165) is 24.7 Å². The number of methoxy groups -OCH3 is 1. The van der Waals surface area contributed by atoms with Crippen LogP contribution in [0.2, 0.25) is 0 Å². The molecule has 1 N–H and O–H groups in total. The molecule has 0 unspecified atom stereocenters. The Hall–Kier alpha value is -3.03. The van der Waals surface area contributed by atoms with E-state index in [0.29, 0.717) is 36.9 Å².